The number of hydrogen-bond donors (Lipinski definition) is 2. The lowest BCUT2D eigenvalue weighted by atomic mass is 10.1. The molecule has 31 heavy (non-hydrogen) atoms. The topological polar surface area (TPSA) is 75.3 Å². The molecule has 0 aliphatic carbocycles. The van der Waals surface area contributed by atoms with Crippen molar-refractivity contribution in [2.75, 3.05) is 0 Å². The number of halogens is 1. The Morgan fingerprint density at radius 2 is 1.55 bits per heavy atom. The van der Waals surface area contributed by atoms with Crippen LogP contribution in [0.4, 0.5) is 0 Å². The van der Waals surface area contributed by atoms with E-state index in [9.17, 15) is 13.2 Å². The molecule has 0 radical (unpaired) electrons. The van der Waals surface area contributed by atoms with Crippen molar-refractivity contribution in [3.63, 3.8) is 0 Å². The molecule has 0 saturated heterocycles. The molecular formula is C24H25BrN2O3S. The number of amides is 1. The molecule has 2 N–H and O–H groups in total. The van der Waals surface area contributed by atoms with Gasteiger partial charge in [-0.05, 0) is 54.3 Å². The van der Waals surface area contributed by atoms with E-state index in [1.54, 1.807) is 24.3 Å². The van der Waals surface area contributed by atoms with Crippen LogP contribution in [-0.4, -0.2) is 14.3 Å². The summed E-state index contributed by atoms with van der Waals surface area (Å²) >= 11 is 3.40. The smallest absolute Gasteiger partial charge is 0.240 e. The predicted octanol–water partition coefficient (Wildman–Crippen LogP) is 4.74. The van der Waals surface area contributed by atoms with Crippen LogP contribution in [0, 0.1) is 0 Å². The van der Waals surface area contributed by atoms with Crippen molar-refractivity contribution in [2.24, 2.45) is 0 Å². The second-order valence-corrected chi connectivity index (χ2v) is 9.98. The summed E-state index contributed by atoms with van der Waals surface area (Å²) in [6.45, 7) is 2.19. The summed E-state index contributed by atoms with van der Waals surface area (Å²) in [5, 5.41) is 2.99. The Morgan fingerprint density at radius 3 is 2.19 bits per heavy atom. The van der Waals surface area contributed by atoms with Gasteiger partial charge in [-0.1, -0.05) is 70.5 Å². The van der Waals surface area contributed by atoms with Gasteiger partial charge in [-0.15, -0.1) is 0 Å². The Morgan fingerprint density at radius 1 is 0.903 bits per heavy atom. The fraction of sp³-hybridized carbons (Fsp3) is 0.208. The van der Waals surface area contributed by atoms with Gasteiger partial charge >= 0.3 is 0 Å². The number of carbonyl (C=O) groups excluding carboxylic acids is 1. The average molecular weight is 501 g/mol. The summed E-state index contributed by atoms with van der Waals surface area (Å²) in [4.78, 5) is 12.5. The van der Waals surface area contributed by atoms with Gasteiger partial charge in [0.1, 0.15) is 0 Å². The fourth-order valence-electron chi connectivity index (χ4n) is 3.10. The van der Waals surface area contributed by atoms with Crippen LogP contribution < -0.4 is 10.0 Å². The fourth-order valence-corrected chi connectivity index (χ4v) is 4.38. The number of aryl methyl sites for hydroxylation is 1. The van der Waals surface area contributed by atoms with Crippen LogP contribution in [0.3, 0.4) is 0 Å². The van der Waals surface area contributed by atoms with Crippen molar-refractivity contribution in [3.8, 4) is 0 Å². The third kappa shape index (κ3) is 7.02. The Balaban J connectivity index is 1.50. The predicted molar refractivity (Wildman–Crippen MR) is 126 cm³/mol. The standard InChI is InChI=1S/C24H25BrN2O3S/c1-18(21-10-12-22(25)13-11-21)27-24(28)16-9-19-7-14-23(15-8-19)31(29,30)26-17-20-5-3-2-4-6-20/h2-8,10-15,18,26H,9,16-17H2,1H3,(H,27,28)/t18-/m0/s1. The molecule has 0 saturated carbocycles. The number of benzene rings is 3. The van der Waals surface area contributed by atoms with Crippen molar-refractivity contribution < 1.29 is 13.2 Å². The van der Waals surface area contributed by atoms with Gasteiger partial charge in [-0.25, -0.2) is 13.1 Å². The number of hydrogen-bond acceptors (Lipinski definition) is 3. The molecule has 0 heterocycles. The minimum atomic E-state index is -3.59. The molecule has 0 bridgehead atoms. The molecule has 0 aliphatic rings. The Labute approximate surface area is 192 Å². The van der Waals surface area contributed by atoms with E-state index in [0.29, 0.717) is 12.8 Å². The lowest BCUT2D eigenvalue weighted by Gasteiger charge is -2.14. The minimum Gasteiger partial charge on any atom is -0.350 e. The van der Waals surface area contributed by atoms with Crippen LogP contribution in [0.5, 0.6) is 0 Å². The van der Waals surface area contributed by atoms with E-state index in [0.717, 1.165) is 21.2 Å². The first-order valence-electron chi connectivity index (χ1n) is 10.0. The normalized spacial score (nSPS) is 12.3. The Hall–Kier alpha value is -2.48. The molecule has 1 amide bonds. The average Bonchev–Trinajstić information content (AvgIpc) is 2.78. The number of sulfonamides is 1. The van der Waals surface area contributed by atoms with E-state index in [4.69, 9.17) is 0 Å². The van der Waals surface area contributed by atoms with E-state index in [2.05, 4.69) is 26.0 Å². The summed E-state index contributed by atoms with van der Waals surface area (Å²) in [5.41, 5.74) is 2.84. The van der Waals surface area contributed by atoms with E-state index in [1.807, 2.05) is 61.5 Å². The zero-order valence-corrected chi connectivity index (χ0v) is 19.6. The van der Waals surface area contributed by atoms with Crippen molar-refractivity contribution in [1.29, 1.82) is 0 Å². The second-order valence-electron chi connectivity index (χ2n) is 7.29. The van der Waals surface area contributed by atoms with Crippen molar-refractivity contribution in [2.45, 2.75) is 37.2 Å². The molecule has 3 aromatic rings. The monoisotopic (exact) mass is 500 g/mol. The highest BCUT2D eigenvalue weighted by molar-refractivity contribution is 9.10. The van der Waals surface area contributed by atoms with Gasteiger partial charge in [-0.2, -0.15) is 0 Å². The molecule has 0 aromatic heterocycles. The van der Waals surface area contributed by atoms with Crippen LogP contribution in [0.2, 0.25) is 0 Å². The summed E-state index contributed by atoms with van der Waals surface area (Å²) in [7, 11) is -3.59. The first-order valence-corrected chi connectivity index (χ1v) is 12.3. The summed E-state index contributed by atoms with van der Waals surface area (Å²) in [6.07, 6.45) is 0.871. The lowest BCUT2D eigenvalue weighted by Crippen LogP contribution is -2.26. The number of nitrogens with one attached hydrogen (secondary N) is 2. The van der Waals surface area contributed by atoms with E-state index in [1.165, 1.54) is 0 Å². The van der Waals surface area contributed by atoms with Crippen molar-refractivity contribution in [1.82, 2.24) is 10.0 Å². The van der Waals surface area contributed by atoms with Gasteiger partial charge in [0.15, 0.2) is 0 Å². The lowest BCUT2D eigenvalue weighted by molar-refractivity contribution is -0.121. The molecule has 0 aliphatic heterocycles. The largest absolute Gasteiger partial charge is 0.350 e. The summed E-state index contributed by atoms with van der Waals surface area (Å²) in [5.74, 6) is -0.0448. The maximum absolute atomic E-state index is 12.5. The Kier molecular flexibility index (Phi) is 8.01. The van der Waals surface area contributed by atoms with Crippen LogP contribution >= 0.6 is 15.9 Å². The van der Waals surface area contributed by atoms with Crippen LogP contribution in [0.25, 0.3) is 0 Å². The highest BCUT2D eigenvalue weighted by atomic mass is 79.9. The zero-order chi connectivity index (χ0) is 22.3. The summed E-state index contributed by atoms with van der Waals surface area (Å²) < 4.78 is 28.6. The molecular weight excluding hydrogens is 476 g/mol. The van der Waals surface area contributed by atoms with Gasteiger partial charge in [0.05, 0.1) is 10.9 Å². The highest BCUT2D eigenvalue weighted by Gasteiger charge is 2.14. The van der Waals surface area contributed by atoms with Crippen LogP contribution in [-0.2, 0) is 27.8 Å². The maximum Gasteiger partial charge on any atom is 0.240 e. The van der Waals surface area contributed by atoms with E-state index in [-0.39, 0.29) is 23.4 Å². The van der Waals surface area contributed by atoms with Crippen molar-refractivity contribution >= 4 is 31.9 Å². The molecule has 1 atom stereocenters. The van der Waals surface area contributed by atoms with Crippen molar-refractivity contribution in [3.05, 3.63) is 100 Å². The third-order valence-electron chi connectivity index (χ3n) is 4.93. The van der Waals surface area contributed by atoms with Crippen LogP contribution in [0.15, 0.2) is 88.2 Å². The van der Waals surface area contributed by atoms with Gasteiger partial charge in [0, 0.05) is 17.4 Å². The number of carbonyl (C=O) groups is 1. The van der Waals surface area contributed by atoms with E-state index < -0.39 is 10.0 Å². The van der Waals surface area contributed by atoms with Gasteiger partial charge in [-0.3, -0.25) is 4.79 Å². The second kappa shape index (κ2) is 10.7. The molecule has 0 unspecified atom stereocenters. The zero-order valence-electron chi connectivity index (χ0n) is 17.2. The SMILES string of the molecule is C[C@H](NC(=O)CCc1ccc(S(=O)(=O)NCc2ccccc2)cc1)c1ccc(Br)cc1. The first-order chi connectivity index (χ1) is 14.8. The first kappa shape index (κ1) is 23.2. The minimum absolute atomic E-state index is 0.0448. The van der Waals surface area contributed by atoms with E-state index >= 15 is 0 Å². The van der Waals surface area contributed by atoms with Gasteiger partial charge in [0.25, 0.3) is 0 Å². The quantitative estimate of drug-likeness (QED) is 0.445. The Bertz CT molecular complexity index is 1100. The summed E-state index contributed by atoms with van der Waals surface area (Å²) in [6, 6.07) is 23.8. The maximum atomic E-state index is 12.5. The van der Waals surface area contributed by atoms with Gasteiger partial charge in [0.2, 0.25) is 15.9 Å². The molecule has 7 heteroatoms. The molecule has 3 aromatic carbocycles. The molecule has 5 nitrogen and oxygen atoms in total. The highest BCUT2D eigenvalue weighted by Crippen LogP contribution is 2.17. The molecule has 162 valence electrons. The third-order valence-corrected chi connectivity index (χ3v) is 6.88. The van der Waals surface area contributed by atoms with Crippen LogP contribution in [0.1, 0.15) is 36.1 Å². The number of rotatable bonds is 9. The molecule has 3 rings (SSSR count). The van der Waals surface area contributed by atoms with Gasteiger partial charge < -0.3 is 5.32 Å². The molecule has 0 spiro atoms. The molecule has 0 fully saturated rings.